The molecular weight excluding hydrogens is 323 g/mol. The summed E-state index contributed by atoms with van der Waals surface area (Å²) < 4.78 is 19.7. The summed E-state index contributed by atoms with van der Waals surface area (Å²) in [6.45, 7) is 0. The maximum Gasteiger partial charge on any atom is 0.298 e. The Morgan fingerprint density at radius 3 is 2.80 bits per heavy atom. The van der Waals surface area contributed by atoms with Crippen LogP contribution in [0.5, 0.6) is 5.75 Å². The molecule has 0 saturated carbocycles. The van der Waals surface area contributed by atoms with Crippen LogP contribution in [0.15, 0.2) is 58.7 Å². The number of benzene rings is 2. The van der Waals surface area contributed by atoms with Crippen LogP contribution in [0.4, 0.5) is 4.39 Å². The van der Waals surface area contributed by atoms with E-state index in [0.717, 1.165) is 16.0 Å². The Bertz CT molecular complexity index is 1160. The minimum atomic E-state index is -0.378. The molecule has 0 spiro atoms. The fraction of sp³-hybridized carbons (Fsp3) is 0.0556. The molecule has 0 bridgehead atoms. The van der Waals surface area contributed by atoms with Crippen molar-refractivity contribution in [1.82, 2.24) is 14.6 Å². The molecule has 6 nitrogen and oxygen atoms in total. The van der Waals surface area contributed by atoms with Crippen LogP contribution in [0.2, 0.25) is 0 Å². The van der Waals surface area contributed by atoms with E-state index in [-0.39, 0.29) is 16.9 Å². The van der Waals surface area contributed by atoms with Gasteiger partial charge in [-0.25, -0.2) is 9.37 Å². The third kappa shape index (κ3) is 2.65. The van der Waals surface area contributed by atoms with Crippen LogP contribution in [0.25, 0.3) is 21.9 Å². The molecule has 0 unspecified atom stereocenters. The zero-order chi connectivity index (χ0) is 17.4. The summed E-state index contributed by atoms with van der Waals surface area (Å²) in [6.07, 6.45) is 2.87. The predicted octanol–water partition coefficient (Wildman–Crippen LogP) is 2.91. The van der Waals surface area contributed by atoms with Gasteiger partial charge in [-0.1, -0.05) is 0 Å². The molecule has 0 amide bonds. The Labute approximate surface area is 141 Å². The highest BCUT2D eigenvalue weighted by Crippen LogP contribution is 2.22. The number of halogens is 1. The maximum atomic E-state index is 13.4. The maximum absolute atomic E-state index is 13.4. The molecule has 0 atom stereocenters. The predicted molar refractivity (Wildman–Crippen MR) is 93.8 cm³/mol. The van der Waals surface area contributed by atoms with Gasteiger partial charge in [-0.3, -0.25) is 4.79 Å². The van der Waals surface area contributed by atoms with Crippen molar-refractivity contribution in [2.45, 2.75) is 0 Å². The van der Waals surface area contributed by atoms with E-state index >= 15 is 0 Å². The van der Waals surface area contributed by atoms with E-state index < -0.39 is 0 Å². The molecule has 2 heterocycles. The van der Waals surface area contributed by atoms with Crippen LogP contribution in [-0.2, 0) is 0 Å². The second-order valence-corrected chi connectivity index (χ2v) is 5.45. The van der Waals surface area contributed by atoms with E-state index in [2.05, 4.69) is 15.1 Å². The van der Waals surface area contributed by atoms with Crippen LogP contribution in [0.3, 0.4) is 0 Å². The Balaban J connectivity index is 1.77. The van der Waals surface area contributed by atoms with Crippen molar-refractivity contribution in [3.05, 3.63) is 70.5 Å². The topological polar surface area (TPSA) is 72.3 Å². The van der Waals surface area contributed by atoms with E-state index in [0.29, 0.717) is 16.4 Å². The first kappa shape index (κ1) is 15.1. The fourth-order valence-corrected chi connectivity index (χ4v) is 2.62. The molecule has 1 N–H and O–H groups in total. The molecule has 0 saturated heterocycles. The third-order valence-electron chi connectivity index (χ3n) is 3.90. The minimum absolute atomic E-state index is 0.287. The lowest BCUT2D eigenvalue weighted by molar-refractivity contribution is 0.415. The first-order valence-electron chi connectivity index (χ1n) is 7.53. The molecule has 2 aromatic carbocycles. The van der Waals surface area contributed by atoms with Crippen LogP contribution in [-0.4, -0.2) is 28.0 Å². The average molecular weight is 336 g/mol. The second-order valence-electron chi connectivity index (χ2n) is 5.45. The number of hydrogen-bond donors (Lipinski definition) is 1. The summed E-state index contributed by atoms with van der Waals surface area (Å²) >= 11 is 0. The molecule has 7 heteroatoms. The Morgan fingerprint density at radius 2 is 2.04 bits per heavy atom. The Kier molecular flexibility index (Phi) is 3.53. The van der Waals surface area contributed by atoms with Gasteiger partial charge in [0.15, 0.2) is 0 Å². The van der Waals surface area contributed by atoms with Gasteiger partial charge in [0, 0.05) is 10.9 Å². The van der Waals surface area contributed by atoms with Crippen molar-refractivity contribution < 1.29 is 9.13 Å². The van der Waals surface area contributed by atoms with Crippen molar-refractivity contribution in [3.8, 4) is 5.75 Å². The zero-order valence-corrected chi connectivity index (χ0v) is 13.2. The van der Waals surface area contributed by atoms with Crippen molar-refractivity contribution in [1.29, 1.82) is 0 Å². The largest absolute Gasteiger partial charge is 0.497 e. The molecule has 0 aliphatic carbocycles. The number of aromatic nitrogens is 3. The van der Waals surface area contributed by atoms with Crippen LogP contribution >= 0.6 is 0 Å². The van der Waals surface area contributed by atoms with Gasteiger partial charge in [-0.05, 0) is 48.0 Å². The number of rotatable bonds is 3. The van der Waals surface area contributed by atoms with Gasteiger partial charge in [0.1, 0.15) is 28.9 Å². The Hall–Kier alpha value is -3.48. The fourth-order valence-electron chi connectivity index (χ4n) is 2.62. The van der Waals surface area contributed by atoms with E-state index in [1.54, 1.807) is 31.5 Å². The summed E-state index contributed by atoms with van der Waals surface area (Å²) in [4.78, 5) is 19.8. The highest BCUT2D eigenvalue weighted by molar-refractivity contribution is 6.04. The molecule has 25 heavy (non-hydrogen) atoms. The highest BCUT2D eigenvalue weighted by atomic mass is 19.1. The summed E-state index contributed by atoms with van der Waals surface area (Å²) in [7, 11) is 1.59. The van der Waals surface area contributed by atoms with Gasteiger partial charge in [-0.2, -0.15) is 9.78 Å². The standard InChI is InChI=1S/C18H13FN4O2/c1-25-13-5-2-11(3-6-13)9-21-23-10-20-16-14-8-12(19)4-7-15(14)22-17(16)18(23)24/h2-10,22H,1H3. The minimum Gasteiger partial charge on any atom is -0.497 e. The van der Waals surface area contributed by atoms with Crippen LogP contribution in [0, 0.1) is 5.82 Å². The van der Waals surface area contributed by atoms with Gasteiger partial charge in [0.2, 0.25) is 0 Å². The second kappa shape index (κ2) is 5.86. The molecule has 2 aromatic heterocycles. The quantitative estimate of drug-likeness (QED) is 0.585. The van der Waals surface area contributed by atoms with Gasteiger partial charge in [0.25, 0.3) is 5.56 Å². The van der Waals surface area contributed by atoms with Gasteiger partial charge in [0.05, 0.1) is 13.3 Å². The van der Waals surface area contributed by atoms with Crippen molar-refractivity contribution in [2.24, 2.45) is 5.10 Å². The van der Waals surface area contributed by atoms with Crippen LogP contribution in [0.1, 0.15) is 5.56 Å². The van der Waals surface area contributed by atoms with Gasteiger partial charge >= 0.3 is 0 Å². The van der Waals surface area contributed by atoms with E-state index in [1.165, 1.54) is 18.5 Å². The number of nitrogens with one attached hydrogen (secondary N) is 1. The number of hydrogen-bond acceptors (Lipinski definition) is 4. The molecule has 124 valence electrons. The number of nitrogens with zero attached hydrogens (tertiary/aromatic N) is 3. The lowest BCUT2D eigenvalue weighted by Crippen LogP contribution is -2.17. The molecule has 0 radical (unpaired) electrons. The van der Waals surface area contributed by atoms with Crippen molar-refractivity contribution >= 4 is 28.2 Å². The Morgan fingerprint density at radius 1 is 1.24 bits per heavy atom. The molecular formula is C18H13FN4O2. The lowest BCUT2D eigenvalue weighted by Gasteiger charge is -2.00. The SMILES string of the molecule is COc1ccc(C=Nn2cnc3c([nH]c4ccc(F)cc43)c2=O)cc1. The van der Waals surface area contributed by atoms with Crippen molar-refractivity contribution in [2.75, 3.05) is 7.11 Å². The van der Waals surface area contributed by atoms with Crippen molar-refractivity contribution in [3.63, 3.8) is 0 Å². The number of ether oxygens (including phenoxy) is 1. The van der Waals surface area contributed by atoms with E-state index in [9.17, 15) is 9.18 Å². The summed E-state index contributed by atoms with van der Waals surface area (Å²) in [5, 5.41) is 4.72. The third-order valence-corrected chi connectivity index (χ3v) is 3.90. The first-order chi connectivity index (χ1) is 12.2. The average Bonchev–Trinajstić information content (AvgIpc) is 3.00. The summed E-state index contributed by atoms with van der Waals surface area (Å²) in [5.74, 6) is 0.361. The molecule has 4 rings (SSSR count). The molecule has 0 aliphatic rings. The normalized spacial score (nSPS) is 11.6. The lowest BCUT2D eigenvalue weighted by atomic mass is 10.2. The van der Waals surface area contributed by atoms with E-state index in [1.807, 2.05) is 12.1 Å². The highest BCUT2D eigenvalue weighted by Gasteiger charge is 2.11. The number of fused-ring (bicyclic) bond motifs is 3. The zero-order valence-electron chi connectivity index (χ0n) is 13.2. The number of aromatic amines is 1. The smallest absolute Gasteiger partial charge is 0.298 e. The summed E-state index contributed by atoms with van der Waals surface area (Å²) in [6, 6.07) is 11.5. The van der Waals surface area contributed by atoms with Gasteiger partial charge in [-0.15, -0.1) is 0 Å². The molecule has 4 aromatic rings. The van der Waals surface area contributed by atoms with Gasteiger partial charge < -0.3 is 9.72 Å². The summed E-state index contributed by atoms with van der Waals surface area (Å²) in [5.41, 5.74) is 1.82. The first-order valence-corrected chi connectivity index (χ1v) is 7.53. The van der Waals surface area contributed by atoms with Crippen LogP contribution < -0.4 is 10.3 Å². The molecule has 0 aliphatic heterocycles. The number of H-pyrrole nitrogens is 1. The monoisotopic (exact) mass is 336 g/mol. The molecule has 0 fully saturated rings. The number of methoxy groups -OCH3 is 1. The van der Waals surface area contributed by atoms with E-state index in [4.69, 9.17) is 4.74 Å².